The molecular formula is C22H18N4O5. The monoisotopic (exact) mass is 418 g/mol. The number of aromatic nitrogens is 1. The van der Waals surface area contributed by atoms with Crippen LogP contribution in [0, 0.1) is 0 Å². The first-order valence-electron chi connectivity index (χ1n) is 9.07. The lowest BCUT2D eigenvalue weighted by molar-refractivity contribution is -0.142. The van der Waals surface area contributed by atoms with E-state index in [4.69, 9.17) is 16.2 Å². The van der Waals surface area contributed by atoms with Crippen molar-refractivity contribution in [1.82, 2.24) is 4.98 Å². The zero-order valence-electron chi connectivity index (χ0n) is 16.2. The third kappa shape index (κ3) is 5.73. The molecule has 0 spiro atoms. The molecule has 0 fully saturated rings. The molecule has 3 aromatic rings. The van der Waals surface area contributed by atoms with E-state index in [9.17, 15) is 19.2 Å². The normalized spacial score (nSPS) is 10.7. The second kappa shape index (κ2) is 9.31. The molecule has 9 heteroatoms. The van der Waals surface area contributed by atoms with Gasteiger partial charge in [-0.25, -0.2) is 9.78 Å². The Hall–Kier alpha value is -4.53. The highest BCUT2D eigenvalue weighted by molar-refractivity contribution is 6.02. The first-order chi connectivity index (χ1) is 14.8. The summed E-state index contributed by atoms with van der Waals surface area (Å²) in [5, 5.41) is 3.38. The molecule has 3 amide bonds. The van der Waals surface area contributed by atoms with Gasteiger partial charge in [0.05, 0.1) is 11.2 Å². The Kier molecular flexibility index (Phi) is 6.36. The second-order valence-corrected chi connectivity index (χ2v) is 6.45. The number of benzene rings is 2. The predicted molar refractivity (Wildman–Crippen MR) is 114 cm³/mol. The fraction of sp³-hybridized carbons (Fsp3) is 0.0455. The molecule has 0 radical (unpaired) electrons. The Morgan fingerprint density at radius 2 is 1.61 bits per heavy atom. The maximum absolute atomic E-state index is 12.0. The highest BCUT2D eigenvalue weighted by Crippen LogP contribution is 2.15. The molecule has 0 saturated heterocycles. The summed E-state index contributed by atoms with van der Waals surface area (Å²) in [6, 6.07) is 14.9. The summed E-state index contributed by atoms with van der Waals surface area (Å²) < 4.78 is 4.89. The number of carbonyl (C=O) groups is 4. The highest BCUT2D eigenvalue weighted by Gasteiger charge is 2.12. The molecule has 0 atom stereocenters. The number of nitrogens with one attached hydrogen (secondary N) is 1. The van der Waals surface area contributed by atoms with Gasteiger partial charge in [-0.2, -0.15) is 0 Å². The van der Waals surface area contributed by atoms with Crippen LogP contribution in [0.4, 0.5) is 5.69 Å². The summed E-state index contributed by atoms with van der Waals surface area (Å²) in [4.78, 5) is 51.1. The van der Waals surface area contributed by atoms with Crippen molar-refractivity contribution in [1.29, 1.82) is 0 Å². The van der Waals surface area contributed by atoms with Crippen molar-refractivity contribution in [3.8, 4) is 0 Å². The van der Waals surface area contributed by atoms with Crippen molar-refractivity contribution in [3.05, 3.63) is 77.5 Å². The summed E-state index contributed by atoms with van der Waals surface area (Å²) in [5.41, 5.74) is 11.9. The van der Waals surface area contributed by atoms with Crippen LogP contribution in [0.3, 0.4) is 0 Å². The molecular weight excluding hydrogens is 400 g/mol. The van der Waals surface area contributed by atoms with Gasteiger partial charge in [-0.05, 0) is 36.4 Å². The van der Waals surface area contributed by atoms with E-state index in [1.807, 2.05) is 30.3 Å². The fourth-order valence-corrected chi connectivity index (χ4v) is 2.69. The van der Waals surface area contributed by atoms with Gasteiger partial charge in [0, 0.05) is 28.3 Å². The number of primary amides is 2. The SMILES string of the molecule is NC(=O)c1cc(NC(=O)COC(=O)/C=C/c2ccc3ccccc3n2)cc(C(N)=O)c1. The molecule has 5 N–H and O–H groups in total. The molecule has 0 unspecified atom stereocenters. The van der Waals surface area contributed by atoms with Crippen LogP contribution in [-0.4, -0.2) is 35.3 Å². The number of anilines is 1. The molecule has 0 aliphatic heterocycles. The summed E-state index contributed by atoms with van der Waals surface area (Å²) in [6.07, 6.45) is 2.63. The quantitative estimate of drug-likeness (QED) is 0.391. The molecule has 0 aliphatic carbocycles. The molecule has 0 aliphatic rings. The van der Waals surface area contributed by atoms with Crippen molar-refractivity contribution in [2.45, 2.75) is 0 Å². The third-order valence-electron chi connectivity index (χ3n) is 4.14. The van der Waals surface area contributed by atoms with E-state index in [2.05, 4.69) is 10.3 Å². The molecule has 2 aromatic carbocycles. The Morgan fingerprint density at radius 1 is 0.935 bits per heavy atom. The van der Waals surface area contributed by atoms with Gasteiger partial charge >= 0.3 is 5.97 Å². The molecule has 9 nitrogen and oxygen atoms in total. The van der Waals surface area contributed by atoms with Gasteiger partial charge in [0.25, 0.3) is 5.91 Å². The van der Waals surface area contributed by atoms with E-state index in [0.29, 0.717) is 5.69 Å². The van der Waals surface area contributed by atoms with Gasteiger partial charge in [0.15, 0.2) is 6.61 Å². The topological polar surface area (TPSA) is 154 Å². The number of fused-ring (bicyclic) bond motifs is 1. The summed E-state index contributed by atoms with van der Waals surface area (Å²) in [5.74, 6) is -3.01. The number of nitrogens with zero attached hydrogens (tertiary/aromatic N) is 1. The molecule has 31 heavy (non-hydrogen) atoms. The summed E-state index contributed by atoms with van der Waals surface area (Å²) >= 11 is 0. The van der Waals surface area contributed by atoms with Crippen LogP contribution in [0.15, 0.2) is 60.7 Å². The average molecular weight is 418 g/mol. The molecule has 1 aromatic heterocycles. The van der Waals surface area contributed by atoms with E-state index in [-0.39, 0.29) is 16.8 Å². The summed E-state index contributed by atoms with van der Waals surface area (Å²) in [7, 11) is 0. The van der Waals surface area contributed by atoms with Gasteiger partial charge in [0.2, 0.25) is 11.8 Å². The third-order valence-corrected chi connectivity index (χ3v) is 4.14. The summed E-state index contributed by atoms with van der Waals surface area (Å²) in [6.45, 7) is -0.582. The molecule has 0 bridgehead atoms. The van der Waals surface area contributed by atoms with Crippen LogP contribution in [-0.2, 0) is 14.3 Å². The van der Waals surface area contributed by atoms with E-state index in [0.717, 1.165) is 17.0 Å². The van der Waals surface area contributed by atoms with E-state index in [1.54, 1.807) is 6.07 Å². The maximum Gasteiger partial charge on any atom is 0.331 e. The standard InChI is InChI=1S/C22H18N4O5/c23-21(29)14-9-15(22(24)30)11-17(10-14)26-19(27)12-31-20(28)8-7-16-6-5-13-3-1-2-4-18(13)25-16/h1-11H,12H2,(H2,23,29)(H2,24,30)(H,26,27)/b8-7+. The minimum atomic E-state index is -0.794. The van der Waals surface area contributed by atoms with Crippen LogP contribution in [0.25, 0.3) is 17.0 Å². The number of nitrogens with two attached hydrogens (primary N) is 2. The van der Waals surface area contributed by atoms with Gasteiger partial charge in [-0.15, -0.1) is 0 Å². The smallest absolute Gasteiger partial charge is 0.331 e. The molecule has 1 heterocycles. The van der Waals surface area contributed by atoms with E-state index in [1.165, 1.54) is 24.3 Å². The van der Waals surface area contributed by atoms with Gasteiger partial charge in [0.1, 0.15) is 0 Å². The lowest BCUT2D eigenvalue weighted by atomic mass is 10.1. The van der Waals surface area contributed by atoms with E-state index < -0.39 is 30.3 Å². The minimum Gasteiger partial charge on any atom is -0.452 e. The highest BCUT2D eigenvalue weighted by atomic mass is 16.5. The molecule has 0 saturated carbocycles. The number of ether oxygens (including phenoxy) is 1. The average Bonchev–Trinajstić information content (AvgIpc) is 2.75. The van der Waals surface area contributed by atoms with Crippen LogP contribution < -0.4 is 16.8 Å². The van der Waals surface area contributed by atoms with Crippen LogP contribution in [0.1, 0.15) is 26.4 Å². The number of hydrogen-bond donors (Lipinski definition) is 3. The van der Waals surface area contributed by atoms with Crippen LogP contribution in [0.2, 0.25) is 0 Å². The number of hydrogen-bond acceptors (Lipinski definition) is 6. The predicted octanol–water partition coefficient (Wildman–Crippen LogP) is 1.63. The molecule has 3 rings (SSSR count). The lowest BCUT2D eigenvalue weighted by Gasteiger charge is -2.08. The van der Waals surface area contributed by atoms with E-state index >= 15 is 0 Å². The minimum absolute atomic E-state index is 0.00517. The Morgan fingerprint density at radius 3 is 2.29 bits per heavy atom. The number of pyridine rings is 1. The number of esters is 1. The number of carbonyl (C=O) groups excluding carboxylic acids is 4. The lowest BCUT2D eigenvalue weighted by Crippen LogP contribution is -2.21. The van der Waals surface area contributed by atoms with Crippen molar-refractivity contribution in [3.63, 3.8) is 0 Å². The van der Waals surface area contributed by atoms with Gasteiger partial charge in [-0.1, -0.05) is 24.3 Å². The molecule has 156 valence electrons. The largest absolute Gasteiger partial charge is 0.452 e. The number of amides is 3. The second-order valence-electron chi connectivity index (χ2n) is 6.45. The van der Waals surface area contributed by atoms with Crippen molar-refractivity contribution in [2.75, 3.05) is 11.9 Å². The van der Waals surface area contributed by atoms with Crippen LogP contribution >= 0.6 is 0 Å². The Balaban J connectivity index is 1.58. The van der Waals surface area contributed by atoms with Crippen LogP contribution in [0.5, 0.6) is 0 Å². The van der Waals surface area contributed by atoms with Crippen molar-refractivity contribution >= 4 is 46.4 Å². The zero-order chi connectivity index (χ0) is 22.4. The van der Waals surface area contributed by atoms with Crippen molar-refractivity contribution < 1.29 is 23.9 Å². The number of rotatable bonds is 7. The number of para-hydroxylation sites is 1. The maximum atomic E-state index is 12.0. The Bertz CT molecular complexity index is 1190. The zero-order valence-corrected chi connectivity index (χ0v) is 16.2. The fourth-order valence-electron chi connectivity index (χ4n) is 2.69. The van der Waals surface area contributed by atoms with Crippen molar-refractivity contribution in [2.24, 2.45) is 11.5 Å². The Labute approximate surface area is 176 Å². The van der Waals surface area contributed by atoms with Gasteiger partial charge < -0.3 is 21.5 Å². The first-order valence-corrected chi connectivity index (χ1v) is 9.07. The first kappa shape index (κ1) is 21.2. The van der Waals surface area contributed by atoms with Gasteiger partial charge in [-0.3, -0.25) is 14.4 Å².